The monoisotopic (exact) mass is 407 g/mol. The molecule has 0 aliphatic heterocycles. The third-order valence-corrected chi connectivity index (χ3v) is 3.81. The topological polar surface area (TPSA) is 21.3 Å². The third-order valence-electron chi connectivity index (χ3n) is 2.86. The molecule has 0 saturated heterocycles. The summed E-state index contributed by atoms with van der Waals surface area (Å²) in [5, 5.41) is 3.40. The summed E-state index contributed by atoms with van der Waals surface area (Å²) in [5.74, 6) is 3.29. The Kier molecular flexibility index (Phi) is 5.72. The van der Waals surface area contributed by atoms with Crippen molar-refractivity contribution in [2.24, 2.45) is 0 Å². The smallest absolute Gasteiger partial charge is 0.148 e. The van der Waals surface area contributed by atoms with Gasteiger partial charge in [-0.3, -0.25) is 0 Å². The van der Waals surface area contributed by atoms with E-state index in [-0.39, 0.29) is 6.61 Å². The van der Waals surface area contributed by atoms with E-state index in [0.29, 0.717) is 6.54 Å². The van der Waals surface area contributed by atoms with Gasteiger partial charge in [0.05, 0.1) is 0 Å². The van der Waals surface area contributed by atoms with E-state index < -0.39 is 0 Å². The van der Waals surface area contributed by atoms with Gasteiger partial charge in [0.15, 0.2) is 0 Å². The van der Waals surface area contributed by atoms with Crippen molar-refractivity contribution in [2.75, 3.05) is 11.9 Å². The van der Waals surface area contributed by atoms with Crippen molar-refractivity contribution < 1.29 is 4.74 Å². The Balaban J connectivity index is 2.15. The molecule has 0 aromatic heterocycles. The van der Waals surface area contributed by atoms with Crippen LogP contribution in [0.2, 0.25) is 0 Å². The Morgan fingerprint density at radius 3 is 2.67 bits per heavy atom. The molecular formula is C17H15Br2NO. The largest absolute Gasteiger partial charge is 0.481 e. The van der Waals surface area contributed by atoms with Gasteiger partial charge in [-0.15, -0.1) is 6.42 Å². The first-order chi connectivity index (χ1) is 10.1. The van der Waals surface area contributed by atoms with Gasteiger partial charge in [0.2, 0.25) is 0 Å². The molecule has 1 N–H and O–H groups in total. The number of terminal acetylenes is 1. The van der Waals surface area contributed by atoms with Crippen molar-refractivity contribution in [2.45, 2.75) is 13.5 Å². The van der Waals surface area contributed by atoms with Crippen LogP contribution in [0.3, 0.4) is 0 Å². The lowest BCUT2D eigenvalue weighted by Crippen LogP contribution is -2.04. The zero-order valence-electron chi connectivity index (χ0n) is 11.6. The van der Waals surface area contributed by atoms with Crippen molar-refractivity contribution in [1.29, 1.82) is 0 Å². The second-order valence-electron chi connectivity index (χ2n) is 4.62. The summed E-state index contributed by atoms with van der Waals surface area (Å²) >= 11 is 6.99. The maximum atomic E-state index is 5.57. The summed E-state index contributed by atoms with van der Waals surface area (Å²) in [5.41, 5.74) is 3.31. The Morgan fingerprint density at radius 1 is 1.14 bits per heavy atom. The number of halogens is 2. The fraction of sp³-hybridized carbons (Fsp3) is 0.176. The summed E-state index contributed by atoms with van der Waals surface area (Å²) in [6.45, 7) is 3.00. The van der Waals surface area contributed by atoms with Crippen LogP contribution in [-0.2, 0) is 6.54 Å². The second kappa shape index (κ2) is 7.53. The molecule has 2 nitrogen and oxygen atoms in total. The number of anilines is 1. The number of ether oxygens (including phenoxy) is 1. The lowest BCUT2D eigenvalue weighted by molar-refractivity contribution is 0.366. The highest BCUT2D eigenvalue weighted by atomic mass is 79.9. The molecular weight excluding hydrogens is 394 g/mol. The van der Waals surface area contributed by atoms with Gasteiger partial charge in [-0.2, -0.15) is 0 Å². The van der Waals surface area contributed by atoms with Gasteiger partial charge >= 0.3 is 0 Å². The van der Waals surface area contributed by atoms with Crippen LogP contribution in [0.15, 0.2) is 45.3 Å². The summed E-state index contributed by atoms with van der Waals surface area (Å²) in [4.78, 5) is 0. The first-order valence-corrected chi connectivity index (χ1v) is 8.03. The molecule has 108 valence electrons. The van der Waals surface area contributed by atoms with Gasteiger partial charge in [-0.25, -0.2) is 0 Å². The van der Waals surface area contributed by atoms with Crippen molar-refractivity contribution >= 4 is 37.5 Å². The molecule has 0 atom stereocenters. The fourth-order valence-electron chi connectivity index (χ4n) is 1.98. The molecule has 0 aliphatic carbocycles. The second-order valence-corrected chi connectivity index (χ2v) is 6.45. The van der Waals surface area contributed by atoms with Crippen LogP contribution in [0.25, 0.3) is 0 Å². The molecule has 2 aromatic rings. The highest BCUT2D eigenvalue weighted by molar-refractivity contribution is 9.10. The first kappa shape index (κ1) is 15.9. The van der Waals surface area contributed by atoms with Crippen LogP contribution in [0, 0.1) is 19.3 Å². The van der Waals surface area contributed by atoms with E-state index in [1.807, 2.05) is 24.3 Å². The van der Waals surface area contributed by atoms with Gasteiger partial charge in [0, 0.05) is 26.7 Å². The average molecular weight is 409 g/mol. The molecule has 0 heterocycles. The van der Waals surface area contributed by atoms with Crippen molar-refractivity contribution in [1.82, 2.24) is 0 Å². The average Bonchev–Trinajstić information content (AvgIpc) is 2.43. The molecule has 0 aliphatic rings. The lowest BCUT2D eigenvalue weighted by Gasteiger charge is -2.13. The van der Waals surface area contributed by atoms with E-state index >= 15 is 0 Å². The van der Waals surface area contributed by atoms with Crippen LogP contribution >= 0.6 is 31.9 Å². The van der Waals surface area contributed by atoms with Crippen molar-refractivity contribution in [3.05, 3.63) is 56.5 Å². The van der Waals surface area contributed by atoms with Crippen LogP contribution in [-0.4, -0.2) is 6.61 Å². The zero-order chi connectivity index (χ0) is 15.2. The minimum atomic E-state index is 0.268. The maximum absolute atomic E-state index is 5.57. The van der Waals surface area contributed by atoms with Crippen molar-refractivity contribution in [3.8, 4) is 18.1 Å². The predicted molar refractivity (Wildman–Crippen MR) is 94.7 cm³/mol. The quantitative estimate of drug-likeness (QED) is 0.691. The summed E-state index contributed by atoms with van der Waals surface area (Å²) in [6.07, 6.45) is 5.25. The Hall–Kier alpha value is -1.44. The van der Waals surface area contributed by atoms with Crippen molar-refractivity contribution in [3.63, 3.8) is 0 Å². The number of aryl methyl sites for hydroxylation is 1. The number of hydrogen-bond donors (Lipinski definition) is 1. The number of nitrogens with one attached hydrogen (secondary N) is 1. The third kappa shape index (κ3) is 4.80. The molecule has 21 heavy (non-hydrogen) atoms. The summed E-state index contributed by atoms with van der Waals surface area (Å²) in [7, 11) is 0. The molecule has 0 saturated carbocycles. The van der Waals surface area contributed by atoms with E-state index in [2.05, 4.69) is 62.2 Å². The van der Waals surface area contributed by atoms with E-state index in [0.717, 1.165) is 25.9 Å². The molecule has 0 amide bonds. The Labute approximate surface area is 142 Å². The molecule has 0 spiro atoms. The molecule has 4 heteroatoms. The number of benzene rings is 2. The summed E-state index contributed by atoms with van der Waals surface area (Å²) < 4.78 is 7.64. The van der Waals surface area contributed by atoms with E-state index in [1.165, 1.54) is 5.56 Å². The maximum Gasteiger partial charge on any atom is 0.148 e. The molecule has 0 radical (unpaired) electrons. The van der Waals surface area contributed by atoms with Gasteiger partial charge in [0.25, 0.3) is 0 Å². The molecule has 0 unspecified atom stereocenters. The number of hydrogen-bond acceptors (Lipinski definition) is 2. The SMILES string of the molecule is C#CCOc1ccc(Br)cc1CNc1cc(C)cc(Br)c1. The lowest BCUT2D eigenvalue weighted by atomic mass is 10.2. The van der Waals surface area contributed by atoms with Crippen LogP contribution in [0.1, 0.15) is 11.1 Å². The van der Waals surface area contributed by atoms with E-state index in [4.69, 9.17) is 11.2 Å². The Bertz CT molecular complexity index is 657. The minimum absolute atomic E-state index is 0.268. The van der Waals surface area contributed by atoms with Crippen LogP contribution in [0.5, 0.6) is 5.75 Å². The standard InChI is InChI=1S/C17H15Br2NO/c1-3-6-21-17-5-4-14(18)9-13(17)11-20-16-8-12(2)7-15(19)10-16/h1,4-5,7-10,20H,6,11H2,2H3. The zero-order valence-corrected chi connectivity index (χ0v) is 14.8. The highest BCUT2D eigenvalue weighted by Crippen LogP contribution is 2.25. The van der Waals surface area contributed by atoms with Crippen LogP contribution < -0.4 is 10.1 Å². The molecule has 0 bridgehead atoms. The van der Waals surface area contributed by atoms with Crippen LogP contribution in [0.4, 0.5) is 5.69 Å². The fourth-order valence-corrected chi connectivity index (χ4v) is 3.00. The highest BCUT2D eigenvalue weighted by Gasteiger charge is 2.05. The minimum Gasteiger partial charge on any atom is -0.481 e. The van der Waals surface area contributed by atoms with E-state index in [1.54, 1.807) is 0 Å². The summed E-state index contributed by atoms with van der Waals surface area (Å²) in [6, 6.07) is 12.1. The normalized spacial score (nSPS) is 10.0. The van der Waals surface area contributed by atoms with Gasteiger partial charge in [-0.1, -0.05) is 37.8 Å². The molecule has 0 fully saturated rings. The van der Waals surface area contributed by atoms with Gasteiger partial charge in [-0.05, 0) is 48.9 Å². The van der Waals surface area contributed by atoms with Gasteiger partial charge in [0.1, 0.15) is 12.4 Å². The Morgan fingerprint density at radius 2 is 1.95 bits per heavy atom. The van der Waals surface area contributed by atoms with E-state index in [9.17, 15) is 0 Å². The predicted octanol–water partition coefficient (Wildman–Crippen LogP) is 5.14. The van der Waals surface area contributed by atoms with Gasteiger partial charge < -0.3 is 10.1 Å². The first-order valence-electron chi connectivity index (χ1n) is 6.44. The molecule has 2 rings (SSSR count). The number of rotatable bonds is 5. The molecule has 2 aromatic carbocycles.